The number of nitrogens with one attached hydrogen (secondary N) is 2. The summed E-state index contributed by atoms with van der Waals surface area (Å²) in [5.74, 6) is 1.01. The zero-order chi connectivity index (χ0) is 22.4. The number of carbonyl (C=O) groups excluding carboxylic acids is 2. The number of thioether (sulfide) groups is 1. The van der Waals surface area contributed by atoms with E-state index in [4.69, 9.17) is 4.74 Å². The fourth-order valence-corrected chi connectivity index (χ4v) is 3.72. The minimum atomic E-state index is -0.343. The van der Waals surface area contributed by atoms with Gasteiger partial charge in [-0.05, 0) is 43.7 Å². The Morgan fingerprint density at radius 3 is 2.61 bits per heavy atom. The van der Waals surface area contributed by atoms with Gasteiger partial charge in [-0.3, -0.25) is 9.59 Å². The zero-order valence-electron chi connectivity index (χ0n) is 17.9. The van der Waals surface area contributed by atoms with Crippen LogP contribution in [0.1, 0.15) is 34.7 Å². The van der Waals surface area contributed by atoms with Crippen LogP contribution in [0.3, 0.4) is 0 Å². The maximum absolute atomic E-state index is 12.4. The molecular formula is C22H25N5O3S. The SMILES string of the molecule is COc1ccc(C)cc1NC(=O)CSc1nnc([C@@H](C)NC(=O)c2ccccc2)n1C. The van der Waals surface area contributed by atoms with Gasteiger partial charge in [-0.1, -0.05) is 36.0 Å². The molecule has 0 spiro atoms. The summed E-state index contributed by atoms with van der Waals surface area (Å²) in [4.78, 5) is 24.8. The number of nitrogens with zero attached hydrogens (tertiary/aromatic N) is 3. The molecule has 0 saturated heterocycles. The first-order chi connectivity index (χ1) is 14.9. The van der Waals surface area contributed by atoms with Crippen LogP contribution in [0.2, 0.25) is 0 Å². The number of hydrogen-bond acceptors (Lipinski definition) is 6. The molecule has 0 aliphatic carbocycles. The van der Waals surface area contributed by atoms with Crippen LogP contribution >= 0.6 is 11.8 Å². The van der Waals surface area contributed by atoms with Crippen LogP contribution in [0.25, 0.3) is 0 Å². The van der Waals surface area contributed by atoms with E-state index in [2.05, 4.69) is 20.8 Å². The second kappa shape index (κ2) is 10.1. The van der Waals surface area contributed by atoms with Gasteiger partial charge in [-0.15, -0.1) is 10.2 Å². The zero-order valence-corrected chi connectivity index (χ0v) is 18.7. The van der Waals surface area contributed by atoms with Gasteiger partial charge in [-0.25, -0.2) is 0 Å². The van der Waals surface area contributed by atoms with Crippen molar-refractivity contribution in [2.75, 3.05) is 18.2 Å². The molecule has 2 aromatic carbocycles. The predicted octanol–water partition coefficient (Wildman–Crippen LogP) is 3.35. The fourth-order valence-electron chi connectivity index (χ4n) is 3.00. The lowest BCUT2D eigenvalue weighted by molar-refractivity contribution is -0.113. The largest absolute Gasteiger partial charge is 0.495 e. The van der Waals surface area contributed by atoms with Crippen LogP contribution in [-0.2, 0) is 11.8 Å². The Morgan fingerprint density at radius 2 is 1.90 bits per heavy atom. The van der Waals surface area contributed by atoms with Gasteiger partial charge in [0.2, 0.25) is 5.91 Å². The highest BCUT2D eigenvalue weighted by atomic mass is 32.2. The van der Waals surface area contributed by atoms with E-state index < -0.39 is 0 Å². The van der Waals surface area contributed by atoms with Crippen LogP contribution in [-0.4, -0.2) is 39.4 Å². The Bertz CT molecular complexity index is 1070. The molecule has 2 amide bonds. The van der Waals surface area contributed by atoms with Crippen molar-refractivity contribution in [3.05, 3.63) is 65.5 Å². The highest BCUT2D eigenvalue weighted by molar-refractivity contribution is 7.99. The van der Waals surface area contributed by atoms with Gasteiger partial charge in [0.25, 0.3) is 5.91 Å². The van der Waals surface area contributed by atoms with Crippen LogP contribution in [0.5, 0.6) is 5.75 Å². The molecule has 0 aliphatic rings. The van der Waals surface area contributed by atoms with Gasteiger partial charge in [0.05, 0.1) is 24.6 Å². The topological polar surface area (TPSA) is 98.1 Å². The number of aryl methyl sites for hydroxylation is 1. The summed E-state index contributed by atoms with van der Waals surface area (Å²) < 4.78 is 7.07. The molecule has 0 saturated carbocycles. The number of carbonyl (C=O) groups is 2. The Morgan fingerprint density at radius 1 is 1.16 bits per heavy atom. The molecular weight excluding hydrogens is 414 g/mol. The predicted molar refractivity (Wildman–Crippen MR) is 120 cm³/mol. The highest BCUT2D eigenvalue weighted by Crippen LogP contribution is 2.26. The fraction of sp³-hybridized carbons (Fsp3) is 0.273. The standard InChI is InChI=1S/C22H25N5O3S/c1-14-10-11-18(30-4)17(12-14)24-19(28)13-31-22-26-25-20(27(22)3)15(2)23-21(29)16-8-6-5-7-9-16/h5-12,15H,13H2,1-4H3,(H,23,29)(H,24,28)/t15-/m1/s1. The van der Waals surface area contributed by atoms with Crippen molar-refractivity contribution in [1.29, 1.82) is 0 Å². The molecule has 31 heavy (non-hydrogen) atoms. The molecule has 0 fully saturated rings. The van der Waals surface area contributed by atoms with Gasteiger partial charge in [0.1, 0.15) is 5.75 Å². The summed E-state index contributed by atoms with van der Waals surface area (Å²) in [6, 6.07) is 14.2. The summed E-state index contributed by atoms with van der Waals surface area (Å²) in [6.45, 7) is 3.79. The maximum atomic E-state index is 12.4. The number of rotatable bonds is 8. The van der Waals surface area contributed by atoms with Crippen molar-refractivity contribution in [3.8, 4) is 5.75 Å². The lowest BCUT2D eigenvalue weighted by Crippen LogP contribution is -2.28. The molecule has 8 nitrogen and oxygen atoms in total. The first-order valence-electron chi connectivity index (χ1n) is 9.71. The second-order valence-corrected chi connectivity index (χ2v) is 7.94. The third-order valence-corrected chi connectivity index (χ3v) is 5.62. The van der Waals surface area contributed by atoms with Crippen molar-refractivity contribution in [3.63, 3.8) is 0 Å². The summed E-state index contributed by atoms with van der Waals surface area (Å²) >= 11 is 1.27. The van der Waals surface area contributed by atoms with Crippen molar-refractivity contribution in [2.45, 2.75) is 25.0 Å². The monoisotopic (exact) mass is 439 g/mol. The number of aromatic nitrogens is 3. The van der Waals surface area contributed by atoms with Gasteiger partial charge >= 0.3 is 0 Å². The quantitative estimate of drug-likeness (QED) is 0.523. The molecule has 1 heterocycles. The van der Waals surface area contributed by atoms with E-state index >= 15 is 0 Å². The maximum Gasteiger partial charge on any atom is 0.251 e. The molecule has 1 aromatic heterocycles. The number of ether oxygens (including phenoxy) is 1. The van der Waals surface area contributed by atoms with E-state index in [1.165, 1.54) is 11.8 Å². The summed E-state index contributed by atoms with van der Waals surface area (Å²) in [5.41, 5.74) is 2.23. The van der Waals surface area contributed by atoms with E-state index in [1.807, 2.05) is 57.3 Å². The van der Waals surface area contributed by atoms with Gasteiger partial charge < -0.3 is 19.9 Å². The lowest BCUT2D eigenvalue weighted by atomic mass is 10.2. The Balaban J connectivity index is 1.59. The molecule has 2 N–H and O–H groups in total. The van der Waals surface area contributed by atoms with Gasteiger partial charge in [0, 0.05) is 12.6 Å². The molecule has 0 bridgehead atoms. The molecule has 0 aliphatic heterocycles. The van der Waals surface area contributed by atoms with Gasteiger partial charge in [0.15, 0.2) is 11.0 Å². The van der Waals surface area contributed by atoms with Crippen LogP contribution < -0.4 is 15.4 Å². The van der Waals surface area contributed by atoms with Crippen LogP contribution in [0.4, 0.5) is 5.69 Å². The molecule has 3 aromatic rings. The third kappa shape index (κ3) is 5.64. The first kappa shape index (κ1) is 22.4. The minimum absolute atomic E-state index is 0.161. The Hall–Kier alpha value is -3.33. The third-order valence-electron chi connectivity index (χ3n) is 4.60. The lowest BCUT2D eigenvalue weighted by Gasteiger charge is -2.13. The average molecular weight is 440 g/mol. The minimum Gasteiger partial charge on any atom is -0.495 e. The number of hydrogen-bond donors (Lipinski definition) is 2. The molecule has 162 valence electrons. The number of amides is 2. The average Bonchev–Trinajstić information content (AvgIpc) is 3.13. The highest BCUT2D eigenvalue weighted by Gasteiger charge is 2.19. The van der Waals surface area contributed by atoms with Crippen molar-refractivity contribution < 1.29 is 14.3 Å². The van der Waals surface area contributed by atoms with E-state index in [0.29, 0.717) is 28.0 Å². The second-order valence-electron chi connectivity index (χ2n) is 7.00. The number of anilines is 1. The Labute approximate surface area is 185 Å². The molecule has 0 radical (unpaired) electrons. The van der Waals surface area contributed by atoms with Crippen molar-refractivity contribution in [1.82, 2.24) is 20.1 Å². The van der Waals surface area contributed by atoms with Crippen molar-refractivity contribution >= 4 is 29.3 Å². The van der Waals surface area contributed by atoms with Crippen LogP contribution in [0.15, 0.2) is 53.7 Å². The van der Waals surface area contributed by atoms with E-state index in [-0.39, 0.29) is 23.6 Å². The summed E-state index contributed by atoms with van der Waals surface area (Å²) in [7, 11) is 3.37. The summed E-state index contributed by atoms with van der Waals surface area (Å²) in [5, 5.41) is 14.7. The van der Waals surface area contributed by atoms with E-state index in [9.17, 15) is 9.59 Å². The Kier molecular flexibility index (Phi) is 7.30. The molecule has 0 unspecified atom stereocenters. The summed E-state index contributed by atoms with van der Waals surface area (Å²) in [6.07, 6.45) is 0. The normalized spacial score (nSPS) is 11.6. The van der Waals surface area contributed by atoms with Crippen molar-refractivity contribution in [2.24, 2.45) is 7.05 Å². The number of methoxy groups -OCH3 is 1. The molecule has 1 atom stereocenters. The van der Waals surface area contributed by atoms with E-state index in [1.54, 1.807) is 23.8 Å². The van der Waals surface area contributed by atoms with E-state index in [0.717, 1.165) is 5.56 Å². The van der Waals surface area contributed by atoms with Gasteiger partial charge in [-0.2, -0.15) is 0 Å². The first-order valence-corrected chi connectivity index (χ1v) is 10.7. The number of benzene rings is 2. The molecule has 9 heteroatoms. The smallest absolute Gasteiger partial charge is 0.251 e. The molecule has 3 rings (SSSR count). The van der Waals surface area contributed by atoms with Crippen LogP contribution in [0, 0.1) is 6.92 Å².